The first-order valence-electron chi connectivity index (χ1n) is 8.28. The van der Waals surface area contributed by atoms with E-state index < -0.39 is 15.8 Å². The van der Waals surface area contributed by atoms with Crippen molar-refractivity contribution in [2.45, 2.75) is 6.92 Å². The normalized spacial score (nSPS) is 10.3. The van der Waals surface area contributed by atoms with Crippen molar-refractivity contribution in [2.24, 2.45) is 0 Å². The van der Waals surface area contributed by atoms with E-state index in [0.29, 0.717) is 5.69 Å². The Morgan fingerprint density at radius 3 is 2.00 bits per heavy atom. The smallest absolute Gasteiger partial charge is 0.270 e. The van der Waals surface area contributed by atoms with Crippen LogP contribution in [-0.2, 0) is 0 Å². The Hall–Kier alpha value is -4.07. The molecule has 0 aliphatic carbocycles. The first-order chi connectivity index (χ1) is 13.4. The Morgan fingerprint density at radius 2 is 1.36 bits per heavy atom. The zero-order chi connectivity index (χ0) is 20.3. The molecule has 28 heavy (non-hydrogen) atoms. The number of amides is 1. The van der Waals surface area contributed by atoms with Gasteiger partial charge in [0.1, 0.15) is 5.69 Å². The van der Waals surface area contributed by atoms with Crippen molar-refractivity contribution in [3.8, 4) is 0 Å². The van der Waals surface area contributed by atoms with Gasteiger partial charge in [-0.3, -0.25) is 29.9 Å². The molecule has 140 valence electrons. The molecule has 3 aromatic carbocycles. The summed E-state index contributed by atoms with van der Waals surface area (Å²) in [6.07, 6.45) is 0. The molecule has 0 spiro atoms. The van der Waals surface area contributed by atoms with Crippen LogP contribution < -0.4 is 4.90 Å². The minimum absolute atomic E-state index is 0.0783. The summed E-state index contributed by atoms with van der Waals surface area (Å²) in [5.74, 6) is -0.596. The monoisotopic (exact) mass is 377 g/mol. The van der Waals surface area contributed by atoms with Gasteiger partial charge in [0, 0.05) is 23.4 Å². The number of nitro benzene ring substituents is 2. The number of nitrogens with zero attached hydrogens (tertiary/aromatic N) is 3. The van der Waals surface area contributed by atoms with E-state index in [2.05, 4.69) is 0 Å². The van der Waals surface area contributed by atoms with Gasteiger partial charge in [-0.05, 0) is 31.2 Å². The number of anilines is 2. The second-order valence-electron chi connectivity index (χ2n) is 5.93. The van der Waals surface area contributed by atoms with Crippen LogP contribution in [0.5, 0.6) is 0 Å². The standard InChI is InChI=1S/C20H15N3O5/c1-14-16(10-7-13-17(14)22(25)26)20(24)21(15-8-3-2-4-9-15)18-11-5-6-12-19(18)23(27)28/h2-13H,1H3. The fourth-order valence-electron chi connectivity index (χ4n) is 2.92. The highest BCUT2D eigenvalue weighted by atomic mass is 16.6. The van der Waals surface area contributed by atoms with Crippen molar-refractivity contribution in [3.63, 3.8) is 0 Å². The summed E-state index contributed by atoms with van der Waals surface area (Å²) in [5.41, 5.74) is 0.333. The lowest BCUT2D eigenvalue weighted by molar-refractivity contribution is -0.385. The second kappa shape index (κ2) is 7.67. The predicted molar refractivity (Wildman–Crippen MR) is 104 cm³/mol. The number of para-hydroxylation sites is 3. The molecule has 1 amide bonds. The highest BCUT2D eigenvalue weighted by Gasteiger charge is 2.29. The zero-order valence-corrected chi connectivity index (χ0v) is 14.8. The fourth-order valence-corrected chi connectivity index (χ4v) is 2.92. The summed E-state index contributed by atoms with van der Waals surface area (Å²) >= 11 is 0. The van der Waals surface area contributed by atoms with Gasteiger partial charge in [-0.25, -0.2) is 0 Å². The van der Waals surface area contributed by atoms with E-state index in [1.807, 2.05) is 0 Å². The van der Waals surface area contributed by atoms with Gasteiger partial charge in [0.2, 0.25) is 0 Å². The van der Waals surface area contributed by atoms with Crippen molar-refractivity contribution in [3.05, 3.63) is 104 Å². The lowest BCUT2D eigenvalue weighted by Crippen LogP contribution is -2.27. The zero-order valence-electron chi connectivity index (χ0n) is 14.8. The van der Waals surface area contributed by atoms with Crippen LogP contribution in [-0.4, -0.2) is 15.8 Å². The Kier molecular flexibility index (Phi) is 5.12. The van der Waals surface area contributed by atoms with Crippen LogP contribution in [0.3, 0.4) is 0 Å². The predicted octanol–water partition coefficient (Wildman–Crippen LogP) is 4.79. The summed E-state index contributed by atoms with van der Waals surface area (Å²) in [6.45, 7) is 1.48. The molecule has 0 saturated carbocycles. The molecule has 0 heterocycles. The molecule has 0 bridgehead atoms. The molecule has 8 heteroatoms. The maximum atomic E-state index is 13.4. The average molecular weight is 377 g/mol. The molecular weight excluding hydrogens is 362 g/mol. The van der Waals surface area contributed by atoms with Crippen molar-refractivity contribution in [2.75, 3.05) is 4.90 Å². The van der Waals surface area contributed by atoms with Crippen molar-refractivity contribution < 1.29 is 14.6 Å². The summed E-state index contributed by atoms with van der Waals surface area (Å²) in [5, 5.41) is 22.7. The first-order valence-corrected chi connectivity index (χ1v) is 8.28. The number of benzene rings is 3. The topological polar surface area (TPSA) is 107 Å². The lowest BCUT2D eigenvalue weighted by Gasteiger charge is -2.23. The van der Waals surface area contributed by atoms with Gasteiger partial charge in [-0.2, -0.15) is 0 Å². The van der Waals surface area contributed by atoms with E-state index in [1.165, 1.54) is 48.2 Å². The van der Waals surface area contributed by atoms with E-state index >= 15 is 0 Å². The molecule has 0 atom stereocenters. The number of carbonyl (C=O) groups excluding carboxylic acids is 1. The van der Waals surface area contributed by atoms with Crippen molar-refractivity contribution in [1.29, 1.82) is 0 Å². The van der Waals surface area contributed by atoms with E-state index in [-0.39, 0.29) is 28.2 Å². The molecule has 0 N–H and O–H groups in total. The molecule has 0 unspecified atom stereocenters. The fraction of sp³-hybridized carbons (Fsp3) is 0.0500. The largest absolute Gasteiger partial charge is 0.293 e. The van der Waals surface area contributed by atoms with Crippen LogP contribution >= 0.6 is 0 Å². The summed E-state index contributed by atoms with van der Waals surface area (Å²) in [7, 11) is 0. The highest BCUT2D eigenvalue weighted by Crippen LogP contribution is 2.35. The lowest BCUT2D eigenvalue weighted by atomic mass is 10.0. The third-order valence-electron chi connectivity index (χ3n) is 4.27. The minimum Gasteiger partial charge on any atom is -0.270 e. The molecule has 8 nitrogen and oxygen atoms in total. The van der Waals surface area contributed by atoms with Crippen molar-refractivity contribution in [1.82, 2.24) is 0 Å². The molecule has 0 aromatic heterocycles. The van der Waals surface area contributed by atoms with Crippen molar-refractivity contribution >= 4 is 28.7 Å². The van der Waals surface area contributed by atoms with Gasteiger partial charge in [-0.15, -0.1) is 0 Å². The van der Waals surface area contributed by atoms with Crippen LogP contribution in [0, 0.1) is 27.2 Å². The molecule has 3 rings (SSSR count). The summed E-state index contributed by atoms with van der Waals surface area (Å²) in [4.78, 5) is 36.2. The van der Waals surface area contributed by atoms with E-state index in [0.717, 1.165) is 0 Å². The van der Waals surface area contributed by atoms with Crippen LogP contribution in [0.25, 0.3) is 0 Å². The van der Waals surface area contributed by atoms with Gasteiger partial charge in [0.15, 0.2) is 0 Å². The number of carbonyl (C=O) groups is 1. The first kappa shape index (κ1) is 18.7. The SMILES string of the molecule is Cc1c(C(=O)N(c2ccccc2)c2ccccc2[N+](=O)[O-])cccc1[N+](=O)[O-]. The minimum atomic E-state index is -0.596. The Morgan fingerprint density at radius 1 is 0.786 bits per heavy atom. The third kappa shape index (κ3) is 3.43. The Balaban J connectivity index is 2.23. The molecule has 0 fully saturated rings. The quantitative estimate of drug-likeness (QED) is 0.469. The maximum absolute atomic E-state index is 13.4. The number of hydrogen-bond acceptors (Lipinski definition) is 5. The molecule has 3 aromatic rings. The molecule has 0 radical (unpaired) electrons. The van der Waals surface area contributed by atoms with E-state index in [4.69, 9.17) is 0 Å². The average Bonchev–Trinajstić information content (AvgIpc) is 2.69. The van der Waals surface area contributed by atoms with Gasteiger partial charge in [0.05, 0.1) is 15.4 Å². The van der Waals surface area contributed by atoms with Crippen LogP contribution in [0.4, 0.5) is 22.7 Å². The highest BCUT2D eigenvalue weighted by molar-refractivity contribution is 6.13. The molecule has 0 aliphatic heterocycles. The van der Waals surface area contributed by atoms with E-state index in [1.54, 1.807) is 36.4 Å². The second-order valence-corrected chi connectivity index (χ2v) is 5.93. The van der Waals surface area contributed by atoms with E-state index in [9.17, 15) is 25.0 Å². The van der Waals surface area contributed by atoms with Gasteiger partial charge >= 0.3 is 0 Å². The van der Waals surface area contributed by atoms with Crippen LogP contribution in [0.1, 0.15) is 15.9 Å². The summed E-state index contributed by atoms with van der Waals surface area (Å²) < 4.78 is 0. The Bertz CT molecular complexity index is 1070. The van der Waals surface area contributed by atoms with Crippen LogP contribution in [0.2, 0.25) is 0 Å². The van der Waals surface area contributed by atoms with Gasteiger partial charge < -0.3 is 0 Å². The summed E-state index contributed by atoms with van der Waals surface area (Å²) in [6, 6.07) is 18.5. The van der Waals surface area contributed by atoms with Gasteiger partial charge in [-0.1, -0.05) is 36.4 Å². The number of rotatable bonds is 5. The molecule has 0 saturated heterocycles. The third-order valence-corrected chi connectivity index (χ3v) is 4.27. The van der Waals surface area contributed by atoms with Gasteiger partial charge in [0.25, 0.3) is 17.3 Å². The number of hydrogen-bond donors (Lipinski definition) is 0. The maximum Gasteiger partial charge on any atom is 0.293 e. The molecular formula is C20H15N3O5. The number of nitro groups is 2. The van der Waals surface area contributed by atoms with Crippen LogP contribution in [0.15, 0.2) is 72.8 Å². The molecule has 0 aliphatic rings. The Labute approximate surface area is 160 Å².